The molecule has 0 unspecified atom stereocenters. The van der Waals surface area contributed by atoms with Gasteiger partial charge in [0.1, 0.15) is 0 Å². The minimum atomic E-state index is -4.99. The number of benzene rings is 1. The van der Waals surface area contributed by atoms with E-state index in [0.29, 0.717) is 31.3 Å². The largest absolute Gasteiger partial charge is 0.416 e. The number of ether oxygens (including phenoxy) is 1. The van der Waals surface area contributed by atoms with Gasteiger partial charge in [0, 0.05) is 24.7 Å². The number of carbonyl (C=O) groups is 1. The third kappa shape index (κ3) is 4.73. The van der Waals surface area contributed by atoms with Gasteiger partial charge in [0.05, 0.1) is 23.8 Å². The Labute approximate surface area is 151 Å². The fourth-order valence-electron chi connectivity index (χ4n) is 3.40. The molecule has 27 heavy (non-hydrogen) atoms. The van der Waals surface area contributed by atoms with Gasteiger partial charge < -0.3 is 10.1 Å². The first-order valence-corrected chi connectivity index (χ1v) is 8.47. The monoisotopic (exact) mass is 396 g/mol. The maximum Gasteiger partial charge on any atom is 0.416 e. The second kappa shape index (κ2) is 7.31. The molecular formula is C17H18F6N2O2. The summed E-state index contributed by atoms with van der Waals surface area (Å²) in [5.74, 6) is -1.00. The van der Waals surface area contributed by atoms with E-state index in [0.717, 1.165) is 19.4 Å². The van der Waals surface area contributed by atoms with E-state index in [2.05, 4.69) is 10.2 Å². The van der Waals surface area contributed by atoms with Crippen LogP contribution in [0.3, 0.4) is 0 Å². The van der Waals surface area contributed by atoms with Crippen LogP contribution in [0.25, 0.3) is 0 Å². The van der Waals surface area contributed by atoms with Crippen molar-refractivity contribution in [3.63, 3.8) is 0 Å². The Morgan fingerprint density at radius 1 is 1.11 bits per heavy atom. The van der Waals surface area contributed by atoms with E-state index in [1.165, 1.54) is 0 Å². The summed E-state index contributed by atoms with van der Waals surface area (Å²) in [6.07, 6.45) is -8.25. The van der Waals surface area contributed by atoms with Crippen molar-refractivity contribution in [2.45, 2.75) is 37.3 Å². The molecule has 1 aromatic rings. The summed E-state index contributed by atoms with van der Waals surface area (Å²) >= 11 is 0. The average Bonchev–Trinajstić information content (AvgIpc) is 3.05. The van der Waals surface area contributed by atoms with Crippen LogP contribution in [0, 0.1) is 0 Å². The highest BCUT2D eigenvalue weighted by atomic mass is 19.4. The Hall–Kier alpha value is -1.81. The number of halogens is 6. The standard InChI is InChI=1S/C17H18F6N2O2/c18-16(19,20)11-4-10(5-12(6-11)17(21,22)23)15(26)24-7-14-8-25-3-1-2-13(25)9-27-14/h4-6,13-14H,1-3,7-9H2,(H,24,26)/t13-,14-/m0/s1. The summed E-state index contributed by atoms with van der Waals surface area (Å²) < 4.78 is 82.9. The maximum absolute atomic E-state index is 12.9. The molecule has 0 aliphatic carbocycles. The number of nitrogens with one attached hydrogen (secondary N) is 1. The normalized spacial score (nSPS) is 23.9. The third-order valence-corrected chi connectivity index (χ3v) is 4.80. The molecule has 1 N–H and O–H groups in total. The van der Waals surface area contributed by atoms with Crippen LogP contribution in [0.5, 0.6) is 0 Å². The number of hydrogen-bond donors (Lipinski definition) is 1. The van der Waals surface area contributed by atoms with Crippen molar-refractivity contribution < 1.29 is 35.9 Å². The molecule has 10 heteroatoms. The molecule has 2 saturated heterocycles. The van der Waals surface area contributed by atoms with E-state index >= 15 is 0 Å². The maximum atomic E-state index is 12.9. The molecule has 2 atom stereocenters. The first-order valence-electron chi connectivity index (χ1n) is 8.47. The fourth-order valence-corrected chi connectivity index (χ4v) is 3.40. The van der Waals surface area contributed by atoms with E-state index in [1.807, 2.05) is 0 Å². The van der Waals surface area contributed by atoms with E-state index in [-0.39, 0.29) is 18.7 Å². The molecule has 1 aromatic carbocycles. The van der Waals surface area contributed by atoms with Gasteiger partial charge in [-0.05, 0) is 37.6 Å². The van der Waals surface area contributed by atoms with Crippen LogP contribution in [0.4, 0.5) is 26.3 Å². The molecule has 2 aliphatic rings. The van der Waals surface area contributed by atoms with Crippen molar-refractivity contribution in [2.75, 3.05) is 26.2 Å². The average molecular weight is 396 g/mol. The Kier molecular flexibility index (Phi) is 5.40. The summed E-state index contributed by atoms with van der Waals surface area (Å²) in [5.41, 5.74) is -3.72. The number of amides is 1. The van der Waals surface area contributed by atoms with Gasteiger partial charge in [-0.15, -0.1) is 0 Å². The zero-order valence-electron chi connectivity index (χ0n) is 14.2. The Morgan fingerprint density at radius 3 is 2.33 bits per heavy atom. The van der Waals surface area contributed by atoms with E-state index in [9.17, 15) is 31.1 Å². The van der Waals surface area contributed by atoms with E-state index < -0.39 is 35.0 Å². The predicted molar refractivity (Wildman–Crippen MR) is 83.1 cm³/mol. The van der Waals surface area contributed by atoms with Gasteiger partial charge in [-0.2, -0.15) is 26.3 Å². The zero-order chi connectivity index (χ0) is 19.8. The van der Waals surface area contributed by atoms with Gasteiger partial charge in [0.2, 0.25) is 0 Å². The molecule has 0 aromatic heterocycles. The lowest BCUT2D eigenvalue weighted by Crippen LogP contribution is -2.50. The highest BCUT2D eigenvalue weighted by molar-refractivity contribution is 5.94. The van der Waals surface area contributed by atoms with Crippen LogP contribution < -0.4 is 5.32 Å². The number of fused-ring (bicyclic) bond motifs is 1. The quantitative estimate of drug-likeness (QED) is 0.798. The van der Waals surface area contributed by atoms with Crippen molar-refractivity contribution in [1.29, 1.82) is 0 Å². The fraction of sp³-hybridized carbons (Fsp3) is 0.588. The third-order valence-electron chi connectivity index (χ3n) is 4.80. The number of nitrogens with zero attached hydrogens (tertiary/aromatic N) is 1. The SMILES string of the molecule is O=C(NC[C@H]1CN2CCC[C@H]2CO1)c1cc(C(F)(F)F)cc(C(F)(F)F)c1. The number of alkyl halides is 6. The van der Waals surface area contributed by atoms with E-state index in [4.69, 9.17) is 4.74 Å². The molecule has 0 bridgehead atoms. The van der Waals surface area contributed by atoms with Gasteiger partial charge in [0.15, 0.2) is 0 Å². The van der Waals surface area contributed by atoms with Gasteiger partial charge in [-0.25, -0.2) is 0 Å². The van der Waals surface area contributed by atoms with Crippen LogP contribution in [-0.4, -0.2) is 49.2 Å². The lowest BCUT2D eigenvalue weighted by molar-refractivity contribution is -0.143. The summed E-state index contributed by atoms with van der Waals surface area (Å²) in [5, 5.41) is 2.38. The number of hydrogen-bond acceptors (Lipinski definition) is 3. The van der Waals surface area contributed by atoms with Crippen LogP contribution in [0.2, 0.25) is 0 Å². The number of rotatable bonds is 3. The Morgan fingerprint density at radius 2 is 1.74 bits per heavy atom. The molecule has 2 aliphatic heterocycles. The summed E-state index contributed by atoms with van der Waals surface area (Å²) in [4.78, 5) is 14.4. The highest BCUT2D eigenvalue weighted by Gasteiger charge is 2.38. The summed E-state index contributed by atoms with van der Waals surface area (Å²) in [7, 11) is 0. The second-order valence-electron chi connectivity index (χ2n) is 6.75. The molecule has 1 amide bonds. The lowest BCUT2D eigenvalue weighted by Gasteiger charge is -2.35. The van der Waals surface area contributed by atoms with Crippen LogP contribution >= 0.6 is 0 Å². The van der Waals surface area contributed by atoms with Crippen molar-refractivity contribution in [2.24, 2.45) is 0 Å². The second-order valence-corrected chi connectivity index (χ2v) is 6.75. The van der Waals surface area contributed by atoms with Gasteiger partial charge in [0.25, 0.3) is 5.91 Å². The first-order chi connectivity index (χ1) is 12.5. The van der Waals surface area contributed by atoms with Gasteiger partial charge >= 0.3 is 12.4 Å². The minimum absolute atomic E-state index is 0.00542. The van der Waals surface area contributed by atoms with E-state index in [1.54, 1.807) is 0 Å². The lowest BCUT2D eigenvalue weighted by atomic mass is 10.0. The minimum Gasteiger partial charge on any atom is -0.373 e. The van der Waals surface area contributed by atoms with Crippen molar-refractivity contribution >= 4 is 5.91 Å². The van der Waals surface area contributed by atoms with Crippen molar-refractivity contribution in [3.05, 3.63) is 34.9 Å². The Bertz CT molecular complexity index is 671. The zero-order valence-corrected chi connectivity index (χ0v) is 14.2. The number of morpholine rings is 1. The smallest absolute Gasteiger partial charge is 0.373 e. The molecule has 3 rings (SSSR count). The van der Waals surface area contributed by atoms with Gasteiger partial charge in [-0.1, -0.05) is 0 Å². The molecule has 2 fully saturated rings. The molecule has 0 radical (unpaired) electrons. The van der Waals surface area contributed by atoms with Crippen LogP contribution in [-0.2, 0) is 17.1 Å². The first kappa shape index (κ1) is 19.9. The molecular weight excluding hydrogens is 378 g/mol. The van der Waals surface area contributed by atoms with Crippen molar-refractivity contribution in [3.8, 4) is 0 Å². The summed E-state index contributed by atoms with van der Waals surface area (Å²) in [6.45, 7) is 2.00. The number of carbonyl (C=O) groups excluding carboxylic acids is 1. The highest BCUT2D eigenvalue weighted by Crippen LogP contribution is 2.36. The molecule has 0 spiro atoms. The molecule has 2 heterocycles. The summed E-state index contributed by atoms with van der Waals surface area (Å²) in [6, 6.07) is 1.18. The Balaban J connectivity index is 1.70. The van der Waals surface area contributed by atoms with Crippen LogP contribution in [0.1, 0.15) is 34.3 Å². The van der Waals surface area contributed by atoms with Crippen LogP contribution in [0.15, 0.2) is 18.2 Å². The van der Waals surface area contributed by atoms with Crippen molar-refractivity contribution in [1.82, 2.24) is 10.2 Å². The molecule has 0 saturated carbocycles. The topological polar surface area (TPSA) is 41.6 Å². The molecule has 4 nitrogen and oxygen atoms in total. The predicted octanol–water partition coefficient (Wildman–Crippen LogP) is 3.32. The molecule has 150 valence electrons. The van der Waals surface area contributed by atoms with Gasteiger partial charge in [-0.3, -0.25) is 9.69 Å².